The van der Waals surface area contributed by atoms with Crippen LogP contribution in [0, 0.1) is 23.7 Å². The summed E-state index contributed by atoms with van der Waals surface area (Å²) in [6.45, 7) is 5.62. The average Bonchev–Trinajstić information content (AvgIpc) is 2.41. The van der Waals surface area contributed by atoms with E-state index in [9.17, 15) is 4.79 Å². The first-order valence-electron chi connectivity index (χ1n) is 4.33. The van der Waals surface area contributed by atoms with E-state index in [4.69, 9.17) is 4.74 Å². The predicted molar refractivity (Wildman–Crippen MR) is 41.1 cm³/mol. The lowest BCUT2D eigenvalue weighted by molar-refractivity contribution is -0.124. The van der Waals surface area contributed by atoms with Crippen molar-refractivity contribution < 1.29 is 9.53 Å². The van der Waals surface area contributed by atoms with Crippen molar-refractivity contribution in [3.63, 3.8) is 0 Å². The van der Waals surface area contributed by atoms with Crippen LogP contribution in [0.1, 0.15) is 13.8 Å². The van der Waals surface area contributed by atoms with Crippen molar-refractivity contribution in [2.45, 2.75) is 13.8 Å². The molecule has 1 saturated carbocycles. The zero-order valence-corrected chi connectivity index (χ0v) is 7.04. The lowest BCUT2D eigenvalue weighted by Crippen LogP contribution is -2.14. The van der Waals surface area contributed by atoms with Crippen molar-refractivity contribution in [3.8, 4) is 0 Å². The molecule has 0 N–H and O–H groups in total. The van der Waals surface area contributed by atoms with E-state index in [2.05, 4.69) is 0 Å². The maximum Gasteiger partial charge on any atom is 0.139 e. The number of carbonyl (C=O) groups is 1. The van der Waals surface area contributed by atoms with Crippen LogP contribution >= 0.6 is 0 Å². The van der Waals surface area contributed by atoms with E-state index in [1.54, 1.807) is 0 Å². The molecule has 1 aliphatic carbocycles. The molecule has 1 saturated heterocycles. The molecule has 0 aromatic carbocycles. The van der Waals surface area contributed by atoms with E-state index in [-0.39, 0.29) is 5.92 Å². The first-order chi connectivity index (χ1) is 5.22. The molecule has 11 heavy (non-hydrogen) atoms. The van der Waals surface area contributed by atoms with Crippen molar-refractivity contribution in [3.05, 3.63) is 0 Å². The molecule has 2 fully saturated rings. The van der Waals surface area contributed by atoms with Crippen molar-refractivity contribution in [2.24, 2.45) is 23.7 Å². The monoisotopic (exact) mass is 154 g/mol. The first kappa shape index (κ1) is 7.29. The summed E-state index contributed by atoms with van der Waals surface area (Å²) < 4.78 is 5.21. The van der Waals surface area contributed by atoms with Gasteiger partial charge in [-0.3, -0.25) is 4.79 Å². The Morgan fingerprint density at radius 3 is 2.36 bits per heavy atom. The molecule has 0 radical (unpaired) electrons. The van der Waals surface area contributed by atoms with Gasteiger partial charge in [-0.15, -0.1) is 0 Å². The van der Waals surface area contributed by atoms with Crippen LogP contribution in [0.4, 0.5) is 0 Å². The number of Topliss-reactive ketones (excluding diaryl/α,β-unsaturated/α-hetero) is 1. The van der Waals surface area contributed by atoms with Gasteiger partial charge in [0.15, 0.2) is 0 Å². The molecule has 0 bridgehead atoms. The Labute approximate surface area is 66.9 Å². The molecule has 2 aliphatic rings. The van der Waals surface area contributed by atoms with Gasteiger partial charge in [0, 0.05) is 11.8 Å². The molecule has 1 unspecified atom stereocenters. The molecule has 2 rings (SSSR count). The number of rotatable bonds is 2. The number of ether oxygens (including phenoxy) is 1. The second kappa shape index (κ2) is 2.31. The summed E-state index contributed by atoms with van der Waals surface area (Å²) in [5.74, 6) is 2.20. The van der Waals surface area contributed by atoms with Gasteiger partial charge in [0.25, 0.3) is 0 Å². The minimum absolute atomic E-state index is 0.214. The van der Waals surface area contributed by atoms with Crippen LogP contribution in [0.2, 0.25) is 0 Å². The van der Waals surface area contributed by atoms with Gasteiger partial charge in [-0.25, -0.2) is 0 Å². The van der Waals surface area contributed by atoms with Crippen molar-refractivity contribution in [1.82, 2.24) is 0 Å². The van der Waals surface area contributed by atoms with Crippen molar-refractivity contribution in [2.75, 3.05) is 13.2 Å². The van der Waals surface area contributed by atoms with Crippen LogP contribution in [0.3, 0.4) is 0 Å². The summed E-state index contributed by atoms with van der Waals surface area (Å²) in [6, 6.07) is 0. The Hall–Kier alpha value is -0.370. The Kier molecular flexibility index (Phi) is 1.53. The number of ketones is 1. The average molecular weight is 154 g/mol. The third-order valence-corrected chi connectivity index (χ3v) is 2.85. The third-order valence-electron chi connectivity index (χ3n) is 2.85. The Bertz CT molecular complexity index is 176. The van der Waals surface area contributed by atoms with Crippen molar-refractivity contribution >= 4 is 5.78 Å². The van der Waals surface area contributed by atoms with Gasteiger partial charge in [0.05, 0.1) is 13.2 Å². The minimum atomic E-state index is 0.214. The zero-order valence-electron chi connectivity index (χ0n) is 7.04. The van der Waals surface area contributed by atoms with E-state index < -0.39 is 0 Å². The topological polar surface area (TPSA) is 26.3 Å². The zero-order chi connectivity index (χ0) is 8.01. The Morgan fingerprint density at radius 1 is 1.36 bits per heavy atom. The molecule has 62 valence electrons. The van der Waals surface area contributed by atoms with Crippen LogP contribution in [0.5, 0.6) is 0 Å². The molecule has 0 aromatic rings. The summed E-state index contributed by atoms with van der Waals surface area (Å²) in [4.78, 5) is 11.5. The van der Waals surface area contributed by atoms with E-state index in [1.165, 1.54) is 0 Å². The number of hydrogen-bond donors (Lipinski definition) is 0. The highest BCUT2D eigenvalue weighted by molar-refractivity contribution is 5.86. The smallest absolute Gasteiger partial charge is 0.139 e. The first-order valence-corrected chi connectivity index (χ1v) is 4.33. The van der Waals surface area contributed by atoms with Gasteiger partial charge in [0.1, 0.15) is 5.78 Å². The second-order valence-electron chi connectivity index (χ2n) is 3.95. The minimum Gasteiger partial charge on any atom is -0.381 e. The fourth-order valence-corrected chi connectivity index (χ4v) is 2.05. The fourth-order valence-electron chi connectivity index (χ4n) is 2.05. The lowest BCUT2D eigenvalue weighted by Gasteiger charge is -2.05. The van der Waals surface area contributed by atoms with Gasteiger partial charge in [0.2, 0.25) is 0 Å². The van der Waals surface area contributed by atoms with Crippen molar-refractivity contribution in [1.29, 1.82) is 0 Å². The lowest BCUT2D eigenvalue weighted by atomic mass is 10.0. The Morgan fingerprint density at radius 2 is 1.91 bits per heavy atom. The maximum atomic E-state index is 11.5. The molecule has 1 aliphatic heterocycles. The predicted octanol–water partition coefficient (Wildman–Crippen LogP) is 1.10. The van der Waals surface area contributed by atoms with Gasteiger partial charge < -0.3 is 4.74 Å². The van der Waals surface area contributed by atoms with Gasteiger partial charge in [-0.2, -0.15) is 0 Å². The fraction of sp³-hybridized carbons (Fsp3) is 0.889. The highest BCUT2D eigenvalue weighted by Gasteiger charge is 2.57. The maximum absolute atomic E-state index is 11.5. The van der Waals surface area contributed by atoms with Crippen LogP contribution in [0.25, 0.3) is 0 Å². The largest absolute Gasteiger partial charge is 0.381 e. The SMILES string of the molecule is CC(C)C(=O)C1[C@H]2COC[C@@H]12. The standard InChI is InChI=1S/C9H14O2/c1-5(2)9(10)8-6-3-11-4-7(6)8/h5-8H,3-4H2,1-2H3/t6-,7+,8?. The van der Waals surface area contributed by atoms with Gasteiger partial charge in [-0.05, 0) is 11.8 Å². The number of carbonyl (C=O) groups excluding carboxylic acids is 1. The summed E-state index contributed by atoms with van der Waals surface area (Å²) in [6.07, 6.45) is 0. The Balaban J connectivity index is 1.95. The highest BCUT2D eigenvalue weighted by Crippen LogP contribution is 2.51. The summed E-state index contributed by atoms with van der Waals surface area (Å²) >= 11 is 0. The third kappa shape index (κ3) is 1.00. The molecular weight excluding hydrogens is 140 g/mol. The molecule has 2 heteroatoms. The van der Waals surface area contributed by atoms with E-state index in [1.807, 2.05) is 13.8 Å². The van der Waals surface area contributed by atoms with Crippen LogP contribution < -0.4 is 0 Å². The number of hydrogen-bond acceptors (Lipinski definition) is 2. The van der Waals surface area contributed by atoms with Crippen LogP contribution in [-0.4, -0.2) is 19.0 Å². The number of fused-ring (bicyclic) bond motifs is 1. The second-order valence-corrected chi connectivity index (χ2v) is 3.95. The molecule has 3 atom stereocenters. The van der Waals surface area contributed by atoms with E-state index in [0.717, 1.165) is 13.2 Å². The molecule has 1 heterocycles. The summed E-state index contributed by atoms with van der Waals surface area (Å²) in [5.41, 5.74) is 0. The van der Waals surface area contributed by atoms with Gasteiger partial charge >= 0.3 is 0 Å². The molecule has 0 amide bonds. The normalized spacial score (nSPS) is 40.8. The summed E-state index contributed by atoms with van der Waals surface area (Å²) in [5, 5.41) is 0. The molecule has 2 nitrogen and oxygen atoms in total. The molecular formula is C9H14O2. The van der Waals surface area contributed by atoms with Crippen LogP contribution in [-0.2, 0) is 9.53 Å². The molecule has 0 aromatic heterocycles. The quantitative estimate of drug-likeness (QED) is 0.595. The molecule has 0 spiro atoms. The van der Waals surface area contributed by atoms with E-state index >= 15 is 0 Å². The summed E-state index contributed by atoms with van der Waals surface area (Å²) in [7, 11) is 0. The van der Waals surface area contributed by atoms with E-state index in [0.29, 0.717) is 23.5 Å². The van der Waals surface area contributed by atoms with Gasteiger partial charge in [-0.1, -0.05) is 13.8 Å². The highest BCUT2D eigenvalue weighted by atomic mass is 16.5. The van der Waals surface area contributed by atoms with Crippen LogP contribution in [0.15, 0.2) is 0 Å².